The predicted molar refractivity (Wildman–Crippen MR) is 112 cm³/mol. The van der Waals surface area contributed by atoms with Crippen molar-refractivity contribution in [2.45, 2.75) is 0 Å². The Morgan fingerprint density at radius 2 is 1.50 bits per heavy atom. The van der Waals surface area contributed by atoms with E-state index < -0.39 is 0 Å². The fraction of sp³-hybridized carbons (Fsp3) is 0. The van der Waals surface area contributed by atoms with Gasteiger partial charge < -0.3 is 4.98 Å². The Bertz CT molecular complexity index is 1040. The van der Waals surface area contributed by atoms with E-state index >= 15 is 0 Å². The summed E-state index contributed by atoms with van der Waals surface area (Å²) >= 11 is 3.52. The number of hydrogen-bond donors (Lipinski definition) is 1. The molecule has 4 rings (SSSR count). The van der Waals surface area contributed by atoms with Crippen LogP contribution in [0.2, 0.25) is 0 Å². The Labute approximate surface area is 160 Å². The molecule has 0 aliphatic heterocycles. The summed E-state index contributed by atoms with van der Waals surface area (Å²) < 4.78 is 1.04. The van der Waals surface area contributed by atoms with E-state index in [2.05, 4.69) is 37.2 Å². The van der Waals surface area contributed by atoms with Crippen LogP contribution in [-0.2, 0) is 0 Å². The first kappa shape index (κ1) is 16.5. The van der Waals surface area contributed by atoms with Gasteiger partial charge in [0.1, 0.15) is 5.71 Å². The third kappa shape index (κ3) is 3.51. The van der Waals surface area contributed by atoms with Gasteiger partial charge in [0, 0.05) is 38.3 Å². The molecule has 1 aromatic heterocycles. The average molecular weight is 402 g/mol. The highest BCUT2D eigenvalue weighted by atomic mass is 79.9. The molecule has 126 valence electrons. The Balaban J connectivity index is 1.73. The van der Waals surface area contributed by atoms with Crippen molar-refractivity contribution in [2.24, 2.45) is 10.2 Å². The minimum absolute atomic E-state index is 0.850. The molecule has 0 aliphatic carbocycles. The molecule has 0 amide bonds. The smallest absolute Gasteiger partial charge is 0.100 e. The number of halogens is 1. The molecular formula is C22H16BrN3. The number of benzene rings is 3. The minimum atomic E-state index is 0.850. The van der Waals surface area contributed by atoms with Crippen LogP contribution >= 0.6 is 15.9 Å². The van der Waals surface area contributed by atoms with Crippen LogP contribution in [0.25, 0.3) is 10.9 Å². The first-order valence-corrected chi connectivity index (χ1v) is 9.09. The highest BCUT2D eigenvalue weighted by Gasteiger charge is 2.06. The molecule has 4 aromatic rings. The summed E-state index contributed by atoms with van der Waals surface area (Å²) in [7, 11) is 0. The van der Waals surface area contributed by atoms with Gasteiger partial charge in [-0.15, -0.1) is 5.10 Å². The van der Waals surface area contributed by atoms with Crippen LogP contribution in [0.3, 0.4) is 0 Å². The molecule has 3 aromatic carbocycles. The average Bonchev–Trinajstić information content (AvgIpc) is 3.09. The normalized spacial score (nSPS) is 11.1. The Kier molecular flexibility index (Phi) is 4.75. The molecule has 0 atom stereocenters. The molecule has 0 fully saturated rings. The molecule has 0 unspecified atom stereocenters. The van der Waals surface area contributed by atoms with Crippen LogP contribution in [0.5, 0.6) is 0 Å². The second-order valence-corrected chi connectivity index (χ2v) is 6.77. The van der Waals surface area contributed by atoms with E-state index in [9.17, 15) is 0 Å². The number of rotatable bonds is 4. The van der Waals surface area contributed by atoms with Crippen molar-refractivity contribution in [3.8, 4) is 0 Å². The largest absolute Gasteiger partial charge is 0.361 e. The van der Waals surface area contributed by atoms with Crippen molar-refractivity contribution >= 4 is 38.8 Å². The Hall–Kier alpha value is -2.98. The monoisotopic (exact) mass is 401 g/mol. The lowest BCUT2D eigenvalue weighted by molar-refractivity contribution is 1.24. The third-order valence-electron chi connectivity index (χ3n) is 4.12. The second kappa shape index (κ2) is 7.50. The topological polar surface area (TPSA) is 40.5 Å². The number of hydrogen-bond acceptors (Lipinski definition) is 2. The zero-order chi connectivity index (χ0) is 17.8. The van der Waals surface area contributed by atoms with Crippen molar-refractivity contribution in [2.75, 3.05) is 0 Å². The van der Waals surface area contributed by atoms with Gasteiger partial charge in [-0.1, -0.05) is 76.6 Å². The van der Waals surface area contributed by atoms with Gasteiger partial charge in [0.2, 0.25) is 0 Å². The van der Waals surface area contributed by atoms with Crippen LogP contribution in [0.15, 0.2) is 99.7 Å². The lowest BCUT2D eigenvalue weighted by atomic mass is 10.0. The summed E-state index contributed by atoms with van der Waals surface area (Å²) in [4.78, 5) is 3.26. The maximum atomic E-state index is 4.53. The second-order valence-electron chi connectivity index (χ2n) is 5.86. The zero-order valence-corrected chi connectivity index (χ0v) is 15.5. The van der Waals surface area contributed by atoms with Crippen molar-refractivity contribution < 1.29 is 0 Å². The lowest BCUT2D eigenvalue weighted by Crippen LogP contribution is -2.02. The summed E-state index contributed by atoms with van der Waals surface area (Å²) in [5.74, 6) is 0. The SMILES string of the molecule is Brc1ccc2[nH]cc(/C=N/N=C(c3ccccc3)c3ccccc3)c2c1. The quantitative estimate of drug-likeness (QED) is 0.331. The number of H-pyrrole nitrogens is 1. The van der Waals surface area contributed by atoms with Crippen molar-refractivity contribution in [1.29, 1.82) is 0 Å². The summed E-state index contributed by atoms with van der Waals surface area (Å²) in [6.07, 6.45) is 3.73. The van der Waals surface area contributed by atoms with Gasteiger partial charge in [-0.2, -0.15) is 5.10 Å². The zero-order valence-electron chi connectivity index (χ0n) is 13.9. The molecule has 0 bridgehead atoms. The van der Waals surface area contributed by atoms with Crippen LogP contribution in [0.1, 0.15) is 16.7 Å². The molecule has 0 saturated heterocycles. The first-order valence-electron chi connectivity index (χ1n) is 8.30. The van der Waals surface area contributed by atoms with Gasteiger partial charge >= 0.3 is 0 Å². The number of aromatic amines is 1. The summed E-state index contributed by atoms with van der Waals surface area (Å²) in [5, 5.41) is 10.0. The van der Waals surface area contributed by atoms with E-state index in [1.165, 1.54) is 0 Å². The Morgan fingerprint density at radius 3 is 2.15 bits per heavy atom. The number of aromatic nitrogens is 1. The van der Waals surface area contributed by atoms with Crippen LogP contribution in [0, 0.1) is 0 Å². The minimum Gasteiger partial charge on any atom is -0.361 e. The summed E-state index contributed by atoms with van der Waals surface area (Å²) in [5.41, 5.74) is 5.01. The van der Waals surface area contributed by atoms with E-state index in [4.69, 9.17) is 0 Å². The van der Waals surface area contributed by atoms with Gasteiger partial charge in [0.15, 0.2) is 0 Å². The van der Waals surface area contributed by atoms with Crippen molar-refractivity contribution in [3.05, 3.63) is 106 Å². The fourth-order valence-corrected chi connectivity index (χ4v) is 3.21. The van der Waals surface area contributed by atoms with Crippen molar-refractivity contribution in [3.63, 3.8) is 0 Å². The van der Waals surface area contributed by atoms with E-state index in [0.29, 0.717) is 0 Å². The third-order valence-corrected chi connectivity index (χ3v) is 4.62. The molecule has 1 heterocycles. The van der Waals surface area contributed by atoms with Gasteiger partial charge in [-0.3, -0.25) is 0 Å². The molecule has 0 aliphatic rings. The van der Waals surface area contributed by atoms with E-state index in [1.54, 1.807) is 6.21 Å². The molecule has 0 spiro atoms. The maximum Gasteiger partial charge on any atom is 0.100 e. The Morgan fingerprint density at radius 1 is 0.846 bits per heavy atom. The number of nitrogens with one attached hydrogen (secondary N) is 1. The van der Waals surface area contributed by atoms with Crippen LogP contribution in [0.4, 0.5) is 0 Å². The molecular weight excluding hydrogens is 386 g/mol. The lowest BCUT2D eigenvalue weighted by Gasteiger charge is -2.04. The number of nitrogens with zero attached hydrogens (tertiary/aromatic N) is 2. The predicted octanol–water partition coefficient (Wildman–Crippen LogP) is 5.80. The molecule has 0 saturated carbocycles. The maximum absolute atomic E-state index is 4.53. The molecule has 4 heteroatoms. The van der Waals surface area contributed by atoms with Crippen LogP contribution < -0.4 is 0 Å². The highest BCUT2D eigenvalue weighted by molar-refractivity contribution is 9.10. The van der Waals surface area contributed by atoms with Crippen LogP contribution in [-0.4, -0.2) is 16.9 Å². The van der Waals surface area contributed by atoms with Gasteiger partial charge in [-0.25, -0.2) is 0 Å². The summed E-state index contributed by atoms with van der Waals surface area (Å²) in [6.45, 7) is 0. The number of fused-ring (bicyclic) bond motifs is 1. The van der Waals surface area contributed by atoms with E-state index in [1.807, 2.05) is 79.0 Å². The van der Waals surface area contributed by atoms with Crippen molar-refractivity contribution in [1.82, 2.24) is 4.98 Å². The summed E-state index contributed by atoms with van der Waals surface area (Å²) in [6, 6.07) is 26.3. The van der Waals surface area contributed by atoms with Gasteiger partial charge in [0.05, 0.1) is 6.21 Å². The van der Waals surface area contributed by atoms with E-state index in [0.717, 1.165) is 37.8 Å². The fourth-order valence-electron chi connectivity index (χ4n) is 2.84. The van der Waals surface area contributed by atoms with E-state index in [-0.39, 0.29) is 0 Å². The van der Waals surface area contributed by atoms with Gasteiger partial charge in [0.25, 0.3) is 0 Å². The molecule has 0 radical (unpaired) electrons. The molecule has 26 heavy (non-hydrogen) atoms. The molecule has 3 nitrogen and oxygen atoms in total. The van der Waals surface area contributed by atoms with Gasteiger partial charge in [-0.05, 0) is 18.2 Å². The molecule has 1 N–H and O–H groups in total. The standard InChI is InChI=1S/C22H16BrN3/c23-19-11-12-21-20(13-19)18(14-24-21)15-25-26-22(16-7-3-1-4-8-16)17-9-5-2-6-10-17/h1-15,24H/b25-15+. The first-order chi connectivity index (χ1) is 12.8. The highest BCUT2D eigenvalue weighted by Crippen LogP contribution is 2.21.